The Morgan fingerprint density at radius 2 is 1.71 bits per heavy atom. The molecule has 6 nitrogen and oxygen atoms in total. The Balaban J connectivity index is 2.07. The summed E-state index contributed by atoms with van der Waals surface area (Å²) < 4.78 is 84.6. The van der Waals surface area contributed by atoms with Crippen LogP contribution in [0.15, 0.2) is 29.6 Å². The topological polar surface area (TPSA) is 80.8 Å². The molecule has 0 aliphatic rings. The zero-order valence-electron chi connectivity index (χ0n) is 17.3. The molecule has 180 valence electrons. The second kappa shape index (κ2) is 8.92. The summed E-state index contributed by atoms with van der Waals surface area (Å²) in [5.41, 5.74) is -3.70. The highest BCUT2D eigenvalue weighted by molar-refractivity contribution is 7.14. The van der Waals surface area contributed by atoms with Crippen molar-refractivity contribution in [3.63, 3.8) is 0 Å². The van der Waals surface area contributed by atoms with Crippen LogP contribution in [0.2, 0.25) is 0 Å². The predicted molar refractivity (Wildman–Crippen MR) is 110 cm³/mol. The number of halogens is 7. The van der Waals surface area contributed by atoms with Gasteiger partial charge < -0.3 is 4.74 Å². The first-order chi connectivity index (χ1) is 15.6. The quantitative estimate of drug-likeness (QED) is 0.230. The van der Waals surface area contributed by atoms with E-state index in [-0.39, 0.29) is 33.5 Å². The minimum atomic E-state index is -5.02. The largest absolute Gasteiger partial charge is 0.439 e. The molecule has 0 aliphatic heterocycles. The van der Waals surface area contributed by atoms with E-state index in [9.17, 15) is 36.4 Å². The Hall–Kier alpha value is -3.11. The Bertz CT molecular complexity index is 1240. The van der Waals surface area contributed by atoms with Crippen molar-refractivity contribution in [3.05, 3.63) is 46.5 Å². The number of nitriles is 1. The summed E-state index contributed by atoms with van der Waals surface area (Å²) in [6.45, 7) is 2.26. The molecule has 0 fully saturated rings. The van der Waals surface area contributed by atoms with Crippen molar-refractivity contribution in [3.8, 4) is 27.8 Å². The molecule has 0 saturated heterocycles. The highest BCUT2D eigenvalue weighted by Crippen LogP contribution is 2.42. The highest BCUT2D eigenvalue weighted by atomic mass is 35.5. The number of carbonyl (C=O) groups excluding carboxylic acids is 1. The molecular weight excluding hydrogens is 510 g/mol. The molecule has 34 heavy (non-hydrogen) atoms. The third kappa shape index (κ3) is 5.51. The van der Waals surface area contributed by atoms with Gasteiger partial charge in [-0.05, 0) is 49.1 Å². The number of carbonyl (C=O) groups is 1. The van der Waals surface area contributed by atoms with Gasteiger partial charge in [-0.3, -0.25) is 4.79 Å². The Morgan fingerprint density at radius 3 is 2.21 bits per heavy atom. The van der Waals surface area contributed by atoms with Gasteiger partial charge in [-0.1, -0.05) is 0 Å². The molecule has 1 aromatic carbocycles. The number of ether oxygens (including phenoxy) is 1. The normalized spacial score (nSPS) is 12.5. The van der Waals surface area contributed by atoms with Crippen molar-refractivity contribution >= 4 is 28.9 Å². The van der Waals surface area contributed by atoms with E-state index in [1.165, 1.54) is 25.3 Å². The van der Waals surface area contributed by atoms with E-state index < -0.39 is 41.1 Å². The van der Waals surface area contributed by atoms with Gasteiger partial charge in [-0.2, -0.15) is 31.6 Å². The van der Waals surface area contributed by atoms with Gasteiger partial charge in [0, 0.05) is 5.56 Å². The molecule has 2 aromatic heterocycles. The van der Waals surface area contributed by atoms with E-state index in [1.54, 1.807) is 6.07 Å². The Morgan fingerprint density at radius 1 is 1.12 bits per heavy atom. The number of alkyl halides is 7. The zero-order valence-corrected chi connectivity index (χ0v) is 18.8. The zero-order chi connectivity index (χ0) is 25.5. The van der Waals surface area contributed by atoms with Gasteiger partial charge in [0.1, 0.15) is 16.6 Å². The average molecular weight is 523 g/mol. The molecule has 0 bridgehead atoms. The van der Waals surface area contributed by atoms with Crippen LogP contribution in [0.1, 0.15) is 30.7 Å². The van der Waals surface area contributed by atoms with Crippen molar-refractivity contribution in [2.24, 2.45) is 0 Å². The van der Waals surface area contributed by atoms with Crippen LogP contribution in [0.3, 0.4) is 0 Å². The van der Waals surface area contributed by atoms with E-state index in [1.807, 2.05) is 0 Å². The molecule has 0 amide bonds. The first-order valence-corrected chi connectivity index (χ1v) is 10.5. The molecule has 0 saturated carbocycles. The van der Waals surface area contributed by atoms with E-state index >= 15 is 0 Å². The number of rotatable bonds is 5. The second-order valence-electron chi connectivity index (χ2n) is 7.37. The Labute approximate surface area is 197 Å². The van der Waals surface area contributed by atoms with Crippen LogP contribution in [0.4, 0.5) is 26.3 Å². The van der Waals surface area contributed by atoms with E-state index in [2.05, 4.69) is 10.2 Å². The molecule has 14 heteroatoms. The van der Waals surface area contributed by atoms with Gasteiger partial charge >= 0.3 is 18.3 Å². The van der Waals surface area contributed by atoms with E-state index in [0.29, 0.717) is 12.1 Å². The summed E-state index contributed by atoms with van der Waals surface area (Å²) >= 11 is 6.77. The molecule has 0 unspecified atom stereocenters. The monoisotopic (exact) mass is 522 g/mol. The van der Waals surface area contributed by atoms with Crippen LogP contribution in [0.5, 0.6) is 0 Å². The lowest BCUT2D eigenvalue weighted by Gasteiger charge is -2.14. The van der Waals surface area contributed by atoms with Gasteiger partial charge in [0.2, 0.25) is 6.73 Å². The molecule has 0 radical (unpaired) electrons. The summed E-state index contributed by atoms with van der Waals surface area (Å²) in [5.74, 6) is -0.799. The number of thiophene rings is 1. The number of nitrogens with zero attached hydrogens (tertiary/aromatic N) is 4. The van der Waals surface area contributed by atoms with Crippen LogP contribution in [-0.4, -0.2) is 25.8 Å². The van der Waals surface area contributed by atoms with Gasteiger partial charge in [-0.25, -0.2) is 0 Å². The lowest BCUT2D eigenvalue weighted by atomic mass is 9.98. The number of hydrogen-bond donors (Lipinski definition) is 0. The molecule has 0 atom stereocenters. The summed E-state index contributed by atoms with van der Waals surface area (Å²) in [6, 6.07) is 4.27. The van der Waals surface area contributed by atoms with Gasteiger partial charge in [0.15, 0.2) is 5.69 Å². The molecule has 0 N–H and O–H groups in total. The van der Waals surface area contributed by atoms with Crippen LogP contribution in [0.25, 0.3) is 21.7 Å². The molecule has 0 spiro atoms. The van der Waals surface area contributed by atoms with E-state index in [0.717, 1.165) is 16.1 Å². The van der Waals surface area contributed by atoms with Crippen LogP contribution < -0.4 is 0 Å². The fourth-order valence-corrected chi connectivity index (χ4v) is 3.71. The van der Waals surface area contributed by atoms with Crippen molar-refractivity contribution in [2.45, 2.75) is 37.8 Å². The van der Waals surface area contributed by atoms with Crippen LogP contribution >= 0.6 is 22.9 Å². The maximum atomic E-state index is 13.3. The number of aromatic nitrogens is 3. The standard InChI is InChI=1S/C20H13ClF6N4O2S/c1-18(2,21)17(32)33-9-31-29-14(8-28)15(30-31)16-13(3-4-34-16)10-5-11(19(22,23)24)7-12(6-10)20(25,26)27/h3-7H,9H2,1-2H3. The minimum absolute atomic E-state index is 0.0102. The summed E-state index contributed by atoms with van der Waals surface area (Å²) in [4.78, 5) is 11.4. The molecule has 3 aromatic rings. The van der Waals surface area contributed by atoms with E-state index in [4.69, 9.17) is 16.3 Å². The van der Waals surface area contributed by atoms with Crippen molar-refractivity contribution in [1.82, 2.24) is 15.0 Å². The molecule has 2 heterocycles. The lowest BCUT2D eigenvalue weighted by molar-refractivity contribution is -0.150. The first-order valence-electron chi connectivity index (χ1n) is 9.20. The van der Waals surface area contributed by atoms with Gasteiger partial charge in [0.25, 0.3) is 0 Å². The van der Waals surface area contributed by atoms with Gasteiger partial charge in [-0.15, -0.1) is 37.9 Å². The predicted octanol–water partition coefficient (Wildman–Crippen LogP) is 6.10. The molecule has 0 aliphatic carbocycles. The third-order valence-corrected chi connectivity index (χ3v) is 5.41. The third-order valence-electron chi connectivity index (χ3n) is 4.34. The maximum Gasteiger partial charge on any atom is 0.416 e. The molecular formula is C20H13ClF6N4O2S. The second-order valence-corrected chi connectivity index (χ2v) is 9.23. The van der Waals surface area contributed by atoms with Crippen molar-refractivity contribution < 1.29 is 35.9 Å². The highest BCUT2D eigenvalue weighted by Gasteiger charge is 2.37. The summed E-state index contributed by atoms with van der Waals surface area (Å²) in [6.07, 6.45) is -10.0. The summed E-state index contributed by atoms with van der Waals surface area (Å²) in [7, 11) is 0. The minimum Gasteiger partial charge on any atom is -0.439 e. The molecule has 3 rings (SSSR count). The smallest absolute Gasteiger partial charge is 0.416 e. The maximum absolute atomic E-state index is 13.3. The first kappa shape index (κ1) is 25.5. The van der Waals surface area contributed by atoms with Crippen molar-refractivity contribution in [2.75, 3.05) is 0 Å². The lowest BCUT2D eigenvalue weighted by Crippen LogP contribution is -2.28. The SMILES string of the molecule is CC(C)(Cl)C(=O)OCn1nc(C#N)c(-c2sccc2-c2cc(C(F)(F)F)cc(C(F)(F)F)c2)n1. The van der Waals surface area contributed by atoms with Gasteiger partial charge in [0.05, 0.1) is 16.0 Å². The van der Waals surface area contributed by atoms with Crippen LogP contribution in [-0.2, 0) is 28.6 Å². The number of hydrogen-bond acceptors (Lipinski definition) is 6. The fraction of sp³-hybridized carbons (Fsp3) is 0.300. The number of benzene rings is 1. The summed E-state index contributed by atoms with van der Waals surface area (Å²) in [5, 5.41) is 18.7. The average Bonchev–Trinajstić information content (AvgIpc) is 3.36. The number of esters is 1. The van der Waals surface area contributed by atoms with Crippen LogP contribution in [0, 0.1) is 11.3 Å². The Kier molecular flexibility index (Phi) is 6.69. The van der Waals surface area contributed by atoms with Crippen molar-refractivity contribution in [1.29, 1.82) is 5.26 Å². The fourth-order valence-electron chi connectivity index (χ4n) is 2.75.